The molecule has 20 heavy (non-hydrogen) atoms. The SMILES string of the molecule is CN(C)CCOC1C2CCC1N(C(=O)c1cscn1)C2. The van der Waals surface area contributed by atoms with Gasteiger partial charge in [-0.2, -0.15) is 0 Å². The highest BCUT2D eigenvalue weighted by Gasteiger charge is 2.49. The Kier molecular flexibility index (Phi) is 4.05. The molecule has 3 unspecified atom stereocenters. The Labute approximate surface area is 123 Å². The van der Waals surface area contributed by atoms with Crippen LogP contribution in [0.1, 0.15) is 23.3 Å². The Morgan fingerprint density at radius 1 is 1.55 bits per heavy atom. The Morgan fingerprint density at radius 2 is 2.40 bits per heavy atom. The second kappa shape index (κ2) is 5.79. The van der Waals surface area contributed by atoms with Crippen LogP contribution in [0, 0.1) is 5.92 Å². The molecule has 1 aromatic heterocycles. The van der Waals surface area contributed by atoms with E-state index in [0.29, 0.717) is 11.6 Å². The Morgan fingerprint density at radius 3 is 3.10 bits per heavy atom. The van der Waals surface area contributed by atoms with Crippen LogP contribution in [0.4, 0.5) is 0 Å². The lowest BCUT2D eigenvalue weighted by Gasteiger charge is -2.26. The van der Waals surface area contributed by atoms with Crippen LogP contribution in [0.15, 0.2) is 10.9 Å². The first-order valence-electron chi connectivity index (χ1n) is 7.12. The minimum Gasteiger partial charge on any atom is -0.374 e. The van der Waals surface area contributed by atoms with Gasteiger partial charge < -0.3 is 14.5 Å². The van der Waals surface area contributed by atoms with Crippen LogP contribution in [-0.2, 0) is 4.74 Å². The molecule has 2 bridgehead atoms. The van der Waals surface area contributed by atoms with E-state index in [4.69, 9.17) is 4.74 Å². The van der Waals surface area contributed by atoms with E-state index in [2.05, 4.69) is 9.88 Å². The van der Waals surface area contributed by atoms with E-state index >= 15 is 0 Å². The number of thiazole rings is 1. The van der Waals surface area contributed by atoms with Gasteiger partial charge in [-0.05, 0) is 26.9 Å². The summed E-state index contributed by atoms with van der Waals surface area (Å²) in [7, 11) is 4.09. The number of rotatable bonds is 5. The molecule has 110 valence electrons. The van der Waals surface area contributed by atoms with Gasteiger partial charge in [-0.25, -0.2) is 4.98 Å². The monoisotopic (exact) mass is 295 g/mol. The average molecular weight is 295 g/mol. The summed E-state index contributed by atoms with van der Waals surface area (Å²) in [4.78, 5) is 20.7. The van der Waals surface area contributed by atoms with E-state index < -0.39 is 0 Å². The topological polar surface area (TPSA) is 45.7 Å². The number of piperidine rings is 1. The van der Waals surface area contributed by atoms with Crippen molar-refractivity contribution in [3.63, 3.8) is 0 Å². The number of likely N-dealkylation sites (tertiary alicyclic amines) is 1. The normalized spacial score (nSPS) is 28.6. The van der Waals surface area contributed by atoms with Crippen molar-refractivity contribution in [3.05, 3.63) is 16.6 Å². The van der Waals surface area contributed by atoms with Gasteiger partial charge in [0.05, 0.1) is 24.3 Å². The van der Waals surface area contributed by atoms with Crippen molar-refractivity contribution in [2.24, 2.45) is 5.92 Å². The Hall–Kier alpha value is -0.980. The molecule has 1 aliphatic carbocycles. The van der Waals surface area contributed by atoms with Crippen molar-refractivity contribution in [1.82, 2.24) is 14.8 Å². The summed E-state index contributed by atoms with van der Waals surface area (Å²) in [5.41, 5.74) is 2.29. The number of hydrogen-bond acceptors (Lipinski definition) is 5. The second-order valence-electron chi connectivity index (χ2n) is 5.87. The van der Waals surface area contributed by atoms with Gasteiger partial charge in [0.25, 0.3) is 5.91 Å². The summed E-state index contributed by atoms with van der Waals surface area (Å²) in [5, 5.41) is 1.83. The predicted molar refractivity (Wildman–Crippen MR) is 78.0 cm³/mol. The molecule has 1 saturated carbocycles. The van der Waals surface area contributed by atoms with Gasteiger partial charge in [0.1, 0.15) is 5.69 Å². The fourth-order valence-corrected chi connectivity index (χ4v) is 3.79. The molecule has 0 spiro atoms. The van der Waals surface area contributed by atoms with Crippen LogP contribution >= 0.6 is 11.3 Å². The van der Waals surface area contributed by atoms with Crippen LogP contribution < -0.4 is 0 Å². The van der Waals surface area contributed by atoms with Crippen molar-refractivity contribution in [2.75, 3.05) is 33.8 Å². The van der Waals surface area contributed by atoms with Crippen molar-refractivity contribution in [3.8, 4) is 0 Å². The summed E-state index contributed by atoms with van der Waals surface area (Å²) in [6, 6.07) is 0.247. The number of amides is 1. The molecule has 2 aliphatic rings. The molecule has 0 radical (unpaired) electrons. The molecule has 6 heteroatoms. The number of ether oxygens (including phenoxy) is 1. The second-order valence-corrected chi connectivity index (χ2v) is 6.59. The molecule has 2 heterocycles. The third-order valence-electron chi connectivity index (χ3n) is 4.27. The zero-order chi connectivity index (χ0) is 14.1. The predicted octanol–water partition coefficient (Wildman–Crippen LogP) is 1.32. The van der Waals surface area contributed by atoms with E-state index in [1.807, 2.05) is 24.4 Å². The molecule has 1 aliphatic heterocycles. The maximum atomic E-state index is 12.4. The Balaban J connectivity index is 1.62. The number of aromatic nitrogens is 1. The summed E-state index contributed by atoms with van der Waals surface area (Å²) in [6.45, 7) is 2.49. The van der Waals surface area contributed by atoms with E-state index in [9.17, 15) is 4.79 Å². The quantitative estimate of drug-likeness (QED) is 0.822. The lowest BCUT2D eigenvalue weighted by Crippen LogP contribution is -2.40. The summed E-state index contributed by atoms with van der Waals surface area (Å²) >= 11 is 1.47. The average Bonchev–Trinajstić information content (AvgIpc) is 3.13. The molecule has 5 nitrogen and oxygen atoms in total. The van der Waals surface area contributed by atoms with Crippen LogP contribution in [0.2, 0.25) is 0 Å². The van der Waals surface area contributed by atoms with Crippen molar-refractivity contribution in [1.29, 1.82) is 0 Å². The fourth-order valence-electron chi connectivity index (χ4n) is 3.26. The lowest BCUT2D eigenvalue weighted by atomic mass is 10.1. The molecule has 2 fully saturated rings. The number of carbonyl (C=O) groups excluding carboxylic acids is 1. The standard InChI is InChI=1S/C14H21N3O2S/c1-16(2)5-6-19-13-10-3-4-12(13)17(7-10)14(18)11-8-20-9-15-11/h8-10,12-13H,3-7H2,1-2H3. The van der Waals surface area contributed by atoms with Crippen molar-refractivity contribution >= 4 is 17.2 Å². The summed E-state index contributed by atoms with van der Waals surface area (Å²) in [5.74, 6) is 0.574. The molecule has 1 saturated heterocycles. The minimum absolute atomic E-state index is 0.0691. The van der Waals surface area contributed by atoms with Gasteiger partial charge in [0, 0.05) is 24.4 Å². The first kappa shape index (κ1) is 14.0. The molecule has 3 atom stereocenters. The number of nitrogens with zero attached hydrogens (tertiary/aromatic N) is 3. The fraction of sp³-hybridized carbons (Fsp3) is 0.714. The molecule has 1 aromatic rings. The first-order chi connectivity index (χ1) is 9.66. The highest BCUT2D eigenvalue weighted by atomic mass is 32.1. The molecular weight excluding hydrogens is 274 g/mol. The van der Waals surface area contributed by atoms with Crippen molar-refractivity contribution < 1.29 is 9.53 Å². The highest BCUT2D eigenvalue weighted by Crippen LogP contribution is 2.40. The maximum absolute atomic E-state index is 12.4. The van der Waals surface area contributed by atoms with Crippen LogP contribution in [-0.4, -0.2) is 66.6 Å². The number of hydrogen-bond donors (Lipinski definition) is 0. The number of likely N-dealkylation sites (N-methyl/N-ethyl adjacent to an activating group) is 1. The van der Waals surface area contributed by atoms with Gasteiger partial charge in [0.15, 0.2) is 0 Å². The molecule has 0 N–H and O–H groups in total. The third kappa shape index (κ3) is 2.60. The van der Waals surface area contributed by atoms with Crippen molar-refractivity contribution in [2.45, 2.75) is 25.0 Å². The van der Waals surface area contributed by atoms with E-state index in [0.717, 1.165) is 26.1 Å². The van der Waals surface area contributed by atoms with Gasteiger partial charge in [-0.15, -0.1) is 11.3 Å². The van der Waals surface area contributed by atoms with Gasteiger partial charge in [0.2, 0.25) is 0 Å². The number of carbonyl (C=O) groups is 1. The zero-order valence-electron chi connectivity index (χ0n) is 12.0. The first-order valence-corrected chi connectivity index (χ1v) is 8.06. The van der Waals surface area contributed by atoms with E-state index in [1.54, 1.807) is 5.51 Å². The third-order valence-corrected chi connectivity index (χ3v) is 4.86. The summed E-state index contributed by atoms with van der Waals surface area (Å²) < 4.78 is 6.05. The molecule has 0 aromatic carbocycles. The molecule has 1 amide bonds. The van der Waals surface area contributed by atoms with E-state index in [-0.39, 0.29) is 18.1 Å². The molecular formula is C14H21N3O2S. The minimum atomic E-state index is 0.0691. The lowest BCUT2D eigenvalue weighted by molar-refractivity contribution is 0.0200. The Bertz CT molecular complexity index is 463. The van der Waals surface area contributed by atoms with Gasteiger partial charge in [-0.3, -0.25) is 4.79 Å². The maximum Gasteiger partial charge on any atom is 0.273 e. The highest BCUT2D eigenvalue weighted by molar-refractivity contribution is 7.07. The largest absolute Gasteiger partial charge is 0.374 e. The zero-order valence-corrected chi connectivity index (χ0v) is 12.8. The number of fused-ring (bicyclic) bond motifs is 2. The smallest absolute Gasteiger partial charge is 0.273 e. The van der Waals surface area contributed by atoms with Crippen LogP contribution in [0.25, 0.3) is 0 Å². The van der Waals surface area contributed by atoms with Crippen LogP contribution in [0.3, 0.4) is 0 Å². The molecule has 3 rings (SSSR count). The summed E-state index contributed by atoms with van der Waals surface area (Å²) in [6.07, 6.45) is 2.46. The van der Waals surface area contributed by atoms with Crippen LogP contribution in [0.5, 0.6) is 0 Å². The van der Waals surface area contributed by atoms with Gasteiger partial charge in [-0.1, -0.05) is 0 Å². The van der Waals surface area contributed by atoms with E-state index in [1.165, 1.54) is 17.8 Å². The van der Waals surface area contributed by atoms with Gasteiger partial charge >= 0.3 is 0 Å².